The van der Waals surface area contributed by atoms with Crippen molar-refractivity contribution in [2.24, 2.45) is 0 Å². The molecule has 0 bridgehead atoms. The molecule has 0 aromatic carbocycles. The molecular formula is C10H12N4O. The van der Waals surface area contributed by atoms with Crippen LogP contribution in [0.5, 0.6) is 0 Å². The third-order valence-corrected chi connectivity index (χ3v) is 1.94. The third kappa shape index (κ3) is 2.31. The van der Waals surface area contributed by atoms with E-state index in [1.807, 2.05) is 23.9 Å². The fourth-order valence-electron chi connectivity index (χ4n) is 1.19. The molecule has 0 spiro atoms. The van der Waals surface area contributed by atoms with E-state index >= 15 is 0 Å². The number of aryl methyl sites for hydroxylation is 2. The van der Waals surface area contributed by atoms with Crippen molar-refractivity contribution in [1.82, 2.24) is 20.0 Å². The molecule has 2 aromatic heterocycles. The summed E-state index contributed by atoms with van der Waals surface area (Å²) in [7, 11) is 0. The van der Waals surface area contributed by atoms with Crippen LogP contribution in [0.4, 0.5) is 0 Å². The molecule has 0 atom stereocenters. The highest BCUT2D eigenvalue weighted by molar-refractivity contribution is 5.64. The largest absolute Gasteiger partial charge is 0.422 e. The molecule has 0 N–H and O–H groups in total. The predicted molar refractivity (Wildman–Crippen MR) is 55.9 cm³/mol. The number of hydrogen-bond acceptors (Lipinski definition) is 4. The van der Waals surface area contributed by atoms with Crippen LogP contribution < -0.4 is 0 Å². The minimum Gasteiger partial charge on any atom is -0.422 e. The van der Waals surface area contributed by atoms with Gasteiger partial charge in [-0.15, -0.1) is 10.2 Å². The van der Waals surface area contributed by atoms with Crippen molar-refractivity contribution in [1.29, 1.82) is 0 Å². The fourth-order valence-corrected chi connectivity index (χ4v) is 1.19. The molecule has 5 nitrogen and oxygen atoms in total. The zero-order chi connectivity index (χ0) is 10.7. The summed E-state index contributed by atoms with van der Waals surface area (Å²) in [6.45, 7) is 4.68. The van der Waals surface area contributed by atoms with Gasteiger partial charge in [-0.3, -0.25) is 4.68 Å². The Labute approximate surface area is 87.4 Å². The van der Waals surface area contributed by atoms with Crippen molar-refractivity contribution in [3.63, 3.8) is 0 Å². The van der Waals surface area contributed by atoms with Crippen LogP contribution in [-0.4, -0.2) is 20.0 Å². The Bertz CT molecular complexity index is 469. The van der Waals surface area contributed by atoms with Crippen LogP contribution >= 0.6 is 0 Å². The maximum absolute atomic E-state index is 5.20. The van der Waals surface area contributed by atoms with Crippen LogP contribution in [0.3, 0.4) is 0 Å². The average molecular weight is 204 g/mol. The van der Waals surface area contributed by atoms with Gasteiger partial charge in [-0.05, 0) is 13.0 Å². The summed E-state index contributed by atoms with van der Waals surface area (Å²) in [5.41, 5.74) is 1.02. The van der Waals surface area contributed by atoms with Gasteiger partial charge in [-0.1, -0.05) is 0 Å². The molecule has 0 saturated carbocycles. The van der Waals surface area contributed by atoms with Gasteiger partial charge in [-0.25, -0.2) is 0 Å². The number of aromatic nitrogens is 4. The highest BCUT2D eigenvalue weighted by Gasteiger charge is 1.97. The number of rotatable bonds is 3. The van der Waals surface area contributed by atoms with Crippen molar-refractivity contribution in [3.05, 3.63) is 29.7 Å². The maximum Gasteiger partial charge on any atom is 0.240 e. The Morgan fingerprint density at radius 2 is 2.27 bits per heavy atom. The molecule has 0 aliphatic rings. The maximum atomic E-state index is 5.20. The lowest BCUT2D eigenvalue weighted by Crippen LogP contribution is -1.91. The molecule has 0 radical (unpaired) electrons. The number of hydrogen-bond donors (Lipinski definition) is 0. The number of nitrogens with zero attached hydrogens (tertiary/aromatic N) is 4. The summed E-state index contributed by atoms with van der Waals surface area (Å²) in [6.07, 6.45) is 7.42. The normalized spacial score (nSPS) is 11.3. The third-order valence-electron chi connectivity index (χ3n) is 1.94. The molecule has 0 saturated heterocycles. The van der Waals surface area contributed by atoms with E-state index in [9.17, 15) is 0 Å². The summed E-state index contributed by atoms with van der Waals surface area (Å²) in [4.78, 5) is 0. The highest BCUT2D eigenvalue weighted by Crippen LogP contribution is 2.06. The van der Waals surface area contributed by atoms with Crippen molar-refractivity contribution in [2.45, 2.75) is 20.4 Å². The Balaban J connectivity index is 2.11. The van der Waals surface area contributed by atoms with E-state index < -0.39 is 0 Å². The second-order valence-corrected chi connectivity index (χ2v) is 3.12. The summed E-state index contributed by atoms with van der Waals surface area (Å²) in [5, 5.41) is 11.7. The van der Waals surface area contributed by atoms with Gasteiger partial charge < -0.3 is 4.42 Å². The molecular weight excluding hydrogens is 192 g/mol. The standard InChI is InChI=1S/C10H12N4O/c1-3-14-7-9(6-11-14)4-5-10-13-12-8(2)15-10/h4-7H,3H2,1-2H3/b5-4+. The van der Waals surface area contributed by atoms with Crippen LogP contribution in [0.2, 0.25) is 0 Å². The molecule has 0 unspecified atom stereocenters. The van der Waals surface area contributed by atoms with Crippen molar-refractivity contribution in [3.8, 4) is 0 Å². The van der Waals surface area contributed by atoms with Crippen LogP contribution in [0, 0.1) is 6.92 Å². The Kier molecular flexibility index (Phi) is 2.62. The first kappa shape index (κ1) is 9.64. The van der Waals surface area contributed by atoms with E-state index in [-0.39, 0.29) is 0 Å². The minimum absolute atomic E-state index is 0.511. The van der Waals surface area contributed by atoms with Gasteiger partial charge in [-0.2, -0.15) is 5.10 Å². The molecule has 5 heteroatoms. The predicted octanol–water partition coefficient (Wildman–Crippen LogP) is 1.76. The molecule has 0 aliphatic heterocycles. The van der Waals surface area contributed by atoms with E-state index in [1.165, 1.54) is 0 Å². The summed E-state index contributed by atoms with van der Waals surface area (Å²) in [5.74, 6) is 1.08. The Hall–Kier alpha value is -1.91. The molecule has 2 aromatic rings. The van der Waals surface area contributed by atoms with Gasteiger partial charge in [0.05, 0.1) is 6.20 Å². The first-order valence-electron chi connectivity index (χ1n) is 4.78. The van der Waals surface area contributed by atoms with Crippen molar-refractivity contribution < 1.29 is 4.42 Å². The Morgan fingerprint density at radius 3 is 2.87 bits per heavy atom. The lowest BCUT2D eigenvalue weighted by atomic mass is 10.3. The lowest BCUT2D eigenvalue weighted by Gasteiger charge is -1.89. The van der Waals surface area contributed by atoms with E-state index in [4.69, 9.17) is 4.42 Å². The monoisotopic (exact) mass is 204 g/mol. The van der Waals surface area contributed by atoms with E-state index in [0.29, 0.717) is 11.8 Å². The van der Waals surface area contributed by atoms with Crippen molar-refractivity contribution >= 4 is 12.2 Å². The van der Waals surface area contributed by atoms with Gasteiger partial charge in [0.2, 0.25) is 11.8 Å². The van der Waals surface area contributed by atoms with Gasteiger partial charge in [0.15, 0.2) is 0 Å². The molecule has 2 rings (SSSR count). The van der Waals surface area contributed by atoms with Crippen LogP contribution in [0.15, 0.2) is 16.8 Å². The van der Waals surface area contributed by atoms with Crippen LogP contribution in [0.25, 0.3) is 12.2 Å². The topological polar surface area (TPSA) is 56.7 Å². The quantitative estimate of drug-likeness (QED) is 0.764. The zero-order valence-corrected chi connectivity index (χ0v) is 8.71. The first-order chi connectivity index (χ1) is 7.28. The molecule has 78 valence electrons. The van der Waals surface area contributed by atoms with E-state index in [2.05, 4.69) is 15.3 Å². The van der Waals surface area contributed by atoms with Gasteiger partial charge in [0.25, 0.3) is 0 Å². The average Bonchev–Trinajstić information content (AvgIpc) is 2.83. The van der Waals surface area contributed by atoms with Gasteiger partial charge in [0, 0.05) is 31.3 Å². The molecule has 15 heavy (non-hydrogen) atoms. The SMILES string of the molecule is CCn1cc(/C=C/c2nnc(C)o2)cn1. The van der Waals surface area contributed by atoms with Gasteiger partial charge >= 0.3 is 0 Å². The van der Waals surface area contributed by atoms with E-state index in [0.717, 1.165) is 12.1 Å². The minimum atomic E-state index is 0.511. The fraction of sp³-hybridized carbons (Fsp3) is 0.300. The second kappa shape index (κ2) is 4.08. The van der Waals surface area contributed by atoms with Crippen molar-refractivity contribution in [2.75, 3.05) is 0 Å². The highest BCUT2D eigenvalue weighted by atomic mass is 16.4. The van der Waals surface area contributed by atoms with Gasteiger partial charge in [0.1, 0.15) is 0 Å². The molecule has 2 heterocycles. The van der Waals surface area contributed by atoms with E-state index in [1.54, 1.807) is 19.2 Å². The van der Waals surface area contributed by atoms with Crippen LogP contribution in [-0.2, 0) is 6.54 Å². The smallest absolute Gasteiger partial charge is 0.240 e. The zero-order valence-electron chi connectivity index (χ0n) is 8.71. The molecule has 0 aliphatic carbocycles. The summed E-state index contributed by atoms with van der Waals surface area (Å²) < 4.78 is 7.06. The lowest BCUT2D eigenvalue weighted by molar-refractivity contribution is 0.510. The molecule has 0 fully saturated rings. The second-order valence-electron chi connectivity index (χ2n) is 3.12. The van der Waals surface area contributed by atoms with Crippen LogP contribution in [0.1, 0.15) is 24.3 Å². The molecule has 0 amide bonds. The first-order valence-corrected chi connectivity index (χ1v) is 4.78. The Morgan fingerprint density at radius 1 is 1.40 bits per heavy atom. The summed E-state index contributed by atoms with van der Waals surface area (Å²) >= 11 is 0. The summed E-state index contributed by atoms with van der Waals surface area (Å²) in [6, 6.07) is 0.